The topological polar surface area (TPSA) is 54.4 Å². The highest BCUT2D eigenvalue weighted by Gasteiger charge is 2.21. The van der Waals surface area contributed by atoms with Crippen LogP contribution in [0.5, 0.6) is 0 Å². The number of hydrogen-bond donors (Lipinski definition) is 1. The van der Waals surface area contributed by atoms with Gasteiger partial charge in [-0.3, -0.25) is 9.59 Å². The molecule has 11 heavy (non-hydrogen) atoms. The van der Waals surface area contributed by atoms with E-state index in [1.54, 1.807) is 6.92 Å². The van der Waals surface area contributed by atoms with Crippen molar-refractivity contribution in [2.45, 2.75) is 13.8 Å². The molecule has 3 nitrogen and oxygen atoms in total. The lowest BCUT2D eigenvalue weighted by molar-refractivity contribution is -0.117. The lowest BCUT2D eigenvalue weighted by Gasteiger charge is -2.08. The van der Waals surface area contributed by atoms with Crippen LogP contribution < -0.4 is 0 Å². The maximum absolute atomic E-state index is 11.0. The van der Waals surface area contributed by atoms with E-state index >= 15 is 0 Å². The Morgan fingerprint density at radius 2 is 1.73 bits per heavy atom. The maximum atomic E-state index is 11.0. The van der Waals surface area contributed by atoms with E-state index in [-0.39, 0.29) is 5.78 Å². The molecule has 0 unspecified atom stereocenters. The summed E-state index contributed by atoms with van der Waals surface area (Å²) in [7, 11) is 0. The van der Waals surface area contributed by atoms with Gasteiger partial charge in [-0.05, 0) is 13.8 Å². The first kappa shape index (κ1) is 7.72. The van der Waals surface area contributed by atoms with Gasteiger partial charge in [0, 0.05) is 17.2 Å². The van der Waals surface area contributed by atoms with E-state index in [9.17, 15) is 9.59 Å². The summed E-state index contributed by atoms with van der Waals surface area (Å²) in [6.45, 7) is 3.09. The zero-order valence-corrected chi connectivity index (χ0v) is 6.34. The summed E-state index contributed by atoms with van der Waals surface area (Å²) in [5.41, 5.74) is 0.739. The number of carbonyl (C=O) groups is 2. The summed E-state index contributed by atoms with van der Waals surface area (Å²) in [6.07, 6.45) is 0.949. The molecule has 0 bridgehead atoms. The first-order valence-corrected chi connectivity index (χ1v) is 3.21. The van der Waals surface area contributed by atoms with Crippen LogP contribution in [-0.2, 0) is 9.59 Å². The van der Waals surface area contributed by atoms with Crippen LogP contribution in [0.3, 0.4) is 0 Å². The maximum Gasteiger partial charge on any atom is 0.223 e. The summed E-state index contributed by atoms with van der Waals surface area (Å²) in [4.78, 5) is 21.9. The van der Waals surface area contributed by atoms with Gasteiger partial charge in [-0.25, -0.2) is 0 Å². The molecular weight excluding hydrogens is 144 g/mol. The van der Waals surface area contributed by atoms with Crippen LogP contribution >= 0.6 is 0 Å². The van der Waals surface area contributed by atoms with Crippen LogP contribution in [0.2, 0.25) is 0 Å². The Kier molecular flexibility index (Phi) is 1.64. The quantitative estimate of drug-likeness (QED) is 0.525. The van der Waals surface area contributed by atoms with Crippen LogP contribution in [0.15, 0.2) is 23.0 Å². The largest absolute Gasteiger partial charge is 0.504 e. The van der Waals surface area contributed by atoms with Crippen molar-refractivity contribution in [3.63, 3.8) is 0 Å². The number of ketones is 2. The molecule has 1 rings (SSSR count). The molecule has 1 aliphatic carbocycles. The molecule has 0 aromatic rings. The van der Waals surface area contributed by atoms with Crippen LogP contribution in [0.1, 0.15) is 13.8 Å². The van der Waals surface area contributed by atoms with Crippen molar-refractivity contribution >= 4 is 11.6 Å². The molecular formula is C8H8O3. The van der Waals surface area contributed by atoms with Crippen molar-refractivity contribution in [2.24, 2.45) is 0 Å². The van der Waals surface area contributed by atoms with Gasteiger partial charge in [0.1, 0.15) is 0 Å². The summed E-state index contributed by atoms with van der Waals surface area (Å²) < 4.78 is 0. The first-order chi connectivity index (χ1) is 5.04. The second-order valence-electron chi connectivity index (χ2n) is 2.47. The third kappa shape index (κ3) is 1.09. The van der Waals surface area contributed by atoms with Crippen LogP contribution in [0.25, 0.3) is 0 Å². The predicted molar refractivity (Wildman–Crippen MR) is 39.1 cm³/mol. The Hall–Kier alpha value is -1.38. The van der Waals surface area contributed by atoms with Crippen molar-refractivity contribution in [3.8, 4) is 0 Å². The lowest BCUT2D eigenvalue weighted by atomic mass is 9.96. The number of carbonyl (C=O) groups excluding carboxylic acids is 2. The number of Topliss-reactive ketones (excluding diaryl/α,β-unsaturated/α-hetero) is 1. The zero-order chi connectivity index (χ0) is 8.59. The smallest absolute Gasteiger partial charge is 0.223 e. The molecule has 0 aromatic carbocycles. The minimum atomic E-state index is -0.460. The molecule has 0 aromatic heterocycles. The van der Waals surface area contributed by atoms with Crippen molar-refractivity contribution < 1.29 is 14.7 Å². The SMILES string of the molecule is CC1=C(C)C(=O)C(O)=CC1=O. The van der Waals surface area contributed by atoms with Crippen molar-refractivity contribution in [1.29, 1.82) is 0 Å². The van der Waals surface area contributed by atoms with Gasteiger partial charge in [-0.2, -0.15) is 0 Å². The molecule has 3 heteroatoms. The molecule has 0 atom stereocenters. The van der Waals surface area contributed by atoms with Crippen molar-refractivity contribution in [1.82, 2.24) is 0 Å². The Morgan fingerprint density at radius 3 is 2.27 bits per heavy atom. The van der Waals surface area contributed by atoms with Crippen molar-refractivity contribution in [2.75, 3.05) is 0 Å². The van der Waals surface area contributed by atoms with Gasteiger partial charge in [0.25, 0.3) is 0 Å². The molecule has 0 saturated carbocycles. The summed E-state index contributed by atoms with van der Waals surface area (Å²) in [6, 6.07) is 0. The van der Waals surface area contributed by atoms with Gasteiger partial charge in [0.2, 0.25) is 5.78 Å². The van der Waals surface area contributed by atoms with E-state index in [4.69, 9.17) is 5.11 Å². The Bertz CT molecular complexity index is 294. The molecule has 0 heterocycles. The highest BCUT2D eigenvalue weighted by atomic mass is 16.3. The Balaban J connectivity index is 3.19. The molecule has 0 aliphatic heterocycles. The molecule has 0 fully saturated rings. The Morgan fingerprint density at radius 1 is 1.18 bits per heavy atom. The lowest BCUT2D eigenvalue weighted by Crippen LogP contribution is -2.15. The van der Waals surface area contributed by atoms with Crippen LogP contribution in [-0.4, -0.2) is 16.7 Å². The summed E-state index contributed by atoms with van der Waals surface area (Å²) in [5.74, 6) is -1.21. The molecule has 0 saturated heterocycles. The number of aliphatic hydroxyl groups is 1. The fourth-order valence-corrected chi connectivity index (χ4v) is 0.845. The summed E-state index contributed by atoms with van der Waals surface area (Å²) >= 11 is 0. The molecule has 0 spiro atoms. The third-order valence-corrected chi connectivity index (χ3v) is 1.77. The monoisotopic (exact) mass is 152 g/mol. The first-order valence-electron chi connectivity index (χ1n) is 3.21. The highest BCUT2D eigenvalue weighted by molar-refractivity contribution is 6.21. The number of aliphatic hydroxyl groups excluding tert-OH is 1. The van der Waals surface area contributed by atoms with E-state index in [0.717, 1.165) is 6.08 Å². The minimum absolute atomic E-state index is 0.292. The second-order valence-corrected chi connectivity index (χ2v) is 2.47. The normalized spacial score (nSPS) is 18.9. The number of allylic oxidation sites excluding steroid dienone is 3. The van der Waals surface area contributed by atoms with Crippen LogP contribution in [0.4, 0.5) is 0 Å². The molecule has 1 N–H and O–H groups in total. The fraction of sp³-hybridized carbons (Fsp3) is 0.250. The van der Waals surface area contributed by atoms with E-state index in [1.807, 2.05) is 0 Å². The second kappa shape index (κ2) is 2.34. The molecule has 58 valence electrons. The number of rotatable bonds is 0. The van der Waals surface area contributed by atoms with Crippen LogP contribution in [0, 0.1) is 0 Å². The predicted octanol–water partition coefficient (Wildman–Crippen LogP) is 0.916. The van der Waals surface area contributed by atoms with E-state index in [1.165, 1.54) is 6.92 Å². The van der Waals surface area contributed by atoms with E-state index < -0.39 is 11.5 Å². The van der Waals surface area contributed by atoms with Gasteiger partial charge in [-0.15, -0.1) is 0 Å². The van der Waals surface area contributed by atoms with E-state index in [2.05, 4.69) is 0 Å². The Labute approximate surface area is 64.0 Å². The van der Waals surface area contributed by atoms with E-state index in [0.29, 0.717) is 11.1 Å². The van der Waals surface area contributed by atoms with Gasteiger partial charge >= 0.3 is 0 Å². The fourth-order valence-electron chi connectivity index (χ4n) is 0.845. The third-order valence-electron chi connectivity index (χ3n) is 1.77. The molecule has 1 aliphatic rings. The summed E-state index contributed by atoms with van der Waals surface area (Å²) in [5, 5.41) is 8.89. The van der Waals surface area contributed by atoms with Gasteiger partial charge < -0.3 is 5.11 Å². The molecule has 0 radical (unpaired) electrons. The van der Waals surface area contributed by atoms with Crippen molar-refractivity contribution in [3.05, 3.63) is 23.0 Å². The average Bonchev–Trinajstić information content (AvgIpc) is 1.97. The molecule has 0 amide bonds. The van der Waals surface area contributed by atoms with Gasteiger partial charge in [-0.1, -0.05) is 0 Å². The van der Waals surface area contributed by atoms with Gasteiger partial charge in [0.15, 0.2) is 11.5 Å². The highest BCUT2D eigenvalue weighted by Crippen LogP contribution is 2.16. The minimum Gasteiger partial charge on any atom is -0.504 e. The average molecular weight is 152 g/mol. The van der Waals surface area contributed by atoms with Gasteiger partial charge in [0.05, 0.1) is 0 Å². The zero-order valence-electron chi connectivity index (χ0n) is 6.34. The standard InChI is InChI=1S/C8H8O3/c1-4-5(2)8(11)7(10)3-6(4)9/h3,10H,1-2H3. The number of hydrogen-bond acceptors (Lipinski definition) is 3.